The summed E-state index contributed by atoms with van der Waals surface area (Å²) in [4.78, 5) is 16.4. The van der Waals surface area contributed by atoms with Crippen molar-refractivity contribution in [3.63, 3.8) is 0 Å². The van der Waals surface area contributed by atoms with Crippen LogP contribution in [0.1, 0.15) is 36.8 Å². The zero-order valence-electron chi connectivity index (χ0n) is 21.3. The van der Waals surface area contributed by atoms with Gasteiger partial charge in [-0.05, 0) is 52.3 Å². The molecule has 0 unspecified atom stereocenters. The minimum Gasteiger partial charge on any atom is -0.454 e. The van der Waals surface area contributed by atoms with Gasteiger partial charge in [0, 0.05) is 18.0 Å². The number of carbonyl (C=O) groups is 1. The number of rotatable bonds is 10. The van der Waals surface area contributed by atoms with Gasteiger partial charge in [0.25, 0.3) is 0 Å². The maximum absolute atomic E-state index is 13.6. The molecule has 0 saturated heterocycles. The molecule has 37 heavy (non-hydrogen) atoms. The minimum atomic E-state index is -3.92. The predicted octanol–water partition coefficient (Wildman–Crippen LogP) is 5.18. The van der Waals surface area contributed by atoms with E-state index in [-0.39, 0.29) is 36.1 Å². The molecule has 0 radical (unpaired) electrons. The lowest BCUT2D eigenvalue weighted by Gasteiger charge is -2.27. The molecule has 1 amide bonds. The van der Waals surface area contributed by atoms with Gasteiger partial charge in [-0.3, -0.25) is 4.79 Å². The lowest BCUT2D eigenvalue weighted by atomic mass is 9.87. The Bertz CT molecular complexity index is 1340. The van der Waals surface area contributed by atoms with Crippen LogP contribution in [0, 0.1) is 0 Å². The smallest absolute Gasteiger partial charge is 0.243 e. The fourth-order valence-electron chi connectivity index (χ4n) is 4.00. The van der Waals surface area contributed by atoms with Crippen LogP contribution in [0.4, 0.5) is 0 Å². The van der Waals surface area contributed by atoms with Gasteiger partial charge in [0.2, 0.25) is 22.7 Å². The normalized spacial score (nSPS) is 13.1. The highest BCUT2D eigenvalue weighted by Gasteiger charge is 2.29. The van der Waals surface area contributed by atoms with Crippen molar-refractivity contribution in [1.29, 1.82) is 0 Å². The van der Waals surface area contributed by atoms with Gasteiger partial charge in [-0.25, -0.2) is 8.42 Å². The van der Waals surface area contributed by atoms with E-state index in [4.69, 9.17) is 9.47 Å². The average molecular weight is 541 g/mol. The van der Waals surface area contributed by atoms with Gasteiger partial charge in [-0.1, -0.05) is 51.1 Å². The molecule has 0 N–H and O–H groups in total. The molecule has 7 nitrogen and oxygen atoms in total. The SMILES string of the molecule is C=CCN(CC(=O)N(Cc1ccc2c(c1)OCO2)Cc1cccs1)S(=O)(=O)c1ccc(C(C)(C)C)cc1. The van der Waals surface area contributed by atoms with E-state index in [9.17, 15) is 13.2 Å². The number of sulfonamides is 1. The van der Waals surface area contributed by atoms with Crippen molar-refractivity contribution < 1.29 is 22.7 Å². The Morgan fingerprint density at radius 2 is 1.78 bits per heavy atom. The lowest BCUT2D eigenvalue weighted by Crippen LogP contribution is -2.42. The monoisotopic (exact) mass is 540 g/mol. The third kappa shape index (κ3) is 6.41. The first-order chi connectivity index (χ1) is 17.6. The van der Waals surface area contributed by atoms with E-state index in [2.05, 4.69) is 27.4 Å². The van der Waals surface area contributed by atoms with Gasteiger partial charge in [0.05, 0.1) is 18.0 Å². The summed E-state index contributed by atoms with van der Waals surface area (Å²) in [6.45, 7) is 10.5. The molecule has 1 aliphatic heterocycles. The highest BCUT2D eigenvalue weighted by Crippen LogP contribution is 2.33. The highest BCUT2D eigenvalue weighted by molar-refractivity contribution is 7.89. The van der Waals surface area contributed by atoms with Crippen LogP contribution in [-0.4, -0.2) is 43.4 Å². The van der Waals surface area contributed by atoms with E-state index in [1.54, 1.807) is 28.4 Å². The Labute approximate surface area is 223 Å². The number of carbonyl (C=O) groups excluding carboxylic acids is 1. The molecule has 2 aromatic carbocycles. The topological polar surface area (TPSA) is 76.2 Å². The molecule has 0 spiro atoms. The Balaban J connectivity index is 1.57. The van der Waals surface area contributed by atoms with Gasteiger partial charge >= 0.3 is 0 Å². The molecule has 9 heteroatoms. The van der Waals surface area contributed by atoms with Gasteiger partial charge < -0.3 is 14.4 Å². The maximum Gasteiger partial charge on any atom is 0.243 e. The molecular formula is C28H32N2O5S2. The summed E-state index contributed by atoms with van der Waals surface area (Å²) in [5, 5.41) is 1.95. The second kappa shape index (κ2) is 11.1. The first-order valence-electron chi connectivity index (χ1n) is 12.0. The number of hydrogen-bond acceptors (Lipinski definition) is 6. The number of ether oxygens (including phenoxy) is 2. The second-order valence-electron chi connectivity index (χ2n) is 9.88. The van der Waals surface area contributed by atoms with Crippen LogP contribution in [0.15, 0.2) is 77.5 Å². The molecular weight excluding hydrogens is 508 g/mol. The molecule has 2 heterocycles. The van der Waals surface area contributed by atoms with Crippen molar-refractivity contribution in [2.75, 3.05) is 19.9 Å². The van der Waals surface area contributed by atoms with E-state index in [0.717, 1.165) is 16.0 Å². The van der Waals surface area contributed by atoms with Gasteiger partial charge in [-0.2, -0.15) is 4.31 Å². The largest absolute Gasteiger partial charge is 0.454 e. The summed E-state index contributed by atoms with van der Waals surface area (Å²) < 4.78 is 39.1. The molecule has 196 valence electrons. The third-order valence-electron chi connectivity index (χ3n) is 6.09. The van der Waals surface area contributed by atoms with Crippen LogP contribution in [-0.2, 0) is 33.3 Å². The minimum absolute atomic E-state index is 0.0198. The number of benzene rings is 2. The number of nitrogens with zero attached hydrogens (tertiary/aromatic N) is 2. The van der Waals surface area contributed by atoms with Gasteiger partial charge in [0.1, 0.15) is 0 Å². The molecule has 4 rings (SSSR count). The summed E-state index contributed by atoms with van der Waals surface area (Å²) >= 11 is 1.55. The van der Waals surface area contributed by atoms with E-state index in [0.29, 0.717) is 24.6 Å². The summed E-state index contributed by atoms with van der Waals surface area (Å²) in [5.41, 5.74) is 1.80. The van der Waals surface area contributed by atoms with Crippen LogP contribution >= 0.6 is 11.3 Å². The van der Waals surface area contributed by atoms with Crippen LogP contribution in [0.2, 0.25) is 0 Å². The van der Waals surface area contributed by atoms with Crippen molar-refractivity contribution in [2.45, 2.75) is 44.2 Å². The fraction of sp³-hybridized carbons (Fsp3) is 0.321. The summed E-state index contributed by atoms with van der Waals surface area (Å²) in [6.07, 6.45) is 1.50. The van der Waals surface area contributed by atoms with Crippen molar-refractivity contribution >= 4 is 27.3 Å². The van der Waals surface area contributed by atoms with E-state index < -0.39 is 10.0 Å². The van der Waals surface area contributed by atoms with Gasteiger partial charge in [0.15, 0.2) is 11.5 Å². The van der Waals surface area contributed by atoms with Gasteiger partial charge in [-0.15, -0.1) is 17.9 Å². The zero-order valence-corrected chi connectivity index (χ0v) is 23.0. The van der Waals surface area contributed by atoms with Crippen molar-refractivity contribution in [2.24, 2.45) is 0 Å². The summed E-state index contributed by atoms with van der Waals surface area (Å²) in [6, 6.07) is 16.3. The molecule has 0 bridgehead atoms. The van der Waals surface area contributed by atoms with Crippen molar-refractivity contribution in [3.8, 4) is 11.5 Å². The summed E-state index contributed by atoms with van der Waals surface area (Å²) in [7, 11) is -3.92. The molecule has 0 saturated carbocycles. The Hall–Kier alpha value is -3.14. The Morgan fingerprint density at radius 3 is 2.43 bits per heavy atom. The van der Waals surface area contributed by atoms with E-state index in [1.807, 2.05) is 47.8 Å². The number of amides is 1. The van der Waals surface area contributed by atoms with Crippen LogP contribution in [0.25, 0.3) is 0 Å². The van der Waals surface area contributed by atoms with Crippen LogP contribution < -0.4 is 9.47 Å². The zero-order chi connectivity index (χ0) is 26.6. The quantitative estimate of drug-likeness (QED) is 0.331. The Kier molecular flexibility index (Phi) is 8.06. The van der Waals surface area contributed by atoms with Crippen LogP contribution in [0.3, 0.4) is 0 Å². The van der Waals surface area contributed by atoms with Crippen LogP contribution in [0.5, 0.6) is 11.5 Å². The molecule has 1 aromatic heterocycles. The van der Waals surface area contributed by atoms with Crippen molar-refractivity contribution in [1.82, 2.24) is 9.21 Å². The molecule has 0 fully saturated rings. The Morgan fingerprint density at radius 1 is 1.05 bits per heavy atom. The van der Waals surface area contributed by atoms with E-state index in [1.165, 1.54) is 10.4 Å². The molecule has 3 aromatic rings. The first-order valence-corrected chi connectivity index (χ1v) is 14.3. The van der Waals surface area contributed by atoms with Crippen molar-refractivity contribution in [3.05, 3.63) is 88.6 Å². The lowest BCUT2D eigenvalue weighted by molar-refractivity contribution is -0.132. The molecule has 0 atom stereocenters. The average Bonchev–Trinajstić information content (AvgIpc) is 3.54. The number of thiophene rings is 1. The second-order valence-corrected chi connectivity index (χ2v) is 12.8. The standard InChI is InChI=1S/C28H32N2O5S2/c1-5-14-30(37(32,33)24-11-9-22(10-12-24)28(2,3)4)19-27(31)29(18-23-7-6-15-36-23)17-21-8-13-25-26(16-21)35-20-34-25/h5-13,15-16H,1,14,17-20H2,2-4H3. The predicted molar refractivity (Wildman–Crippen MR) is 145 cm³/mol. The third-order valence-corrected chi connectivity index (χ3v) is 8.78. The molecule has 1 aliphatic rings. The maximum atomic E-state index is 13.6. The first kappa shape index (κ1) is 26.9. The van der Waals surface area contributed by atoms with E-state index >= 15 is 0 Å². The highest BCUT2D eigenvalue weighted by atomic mass is 32.2. The molecule has 0 aliphatic carbocycles. The fourth-order valence-corrected chi connectivity index (χ4v) is 6.08. The summed E-state index contributed by atoms with van der Waals surface area (Å²) in [5.74, 6) is 0.999. The number of fused-ring (bicyclic) bond motifs is 1. The number of hydrogen-bond donors (Lipinski definition) is 0.